The van der Waals surface area contributed by atoms with E-state index >= 15 is 0 Å². The van der Waals surface area contributed by atoms with Crippen LogP contribution < -0.4 is 4.90 Å². The van der Waals surface area contributed by atoms with Gasteiger partial charge >= 0.3 is 12.4 Å². The Kier molecular flexibility index (Phi) is 5.35. The molecular weight excluding hydrogens is 315 g/mol. The molecule has 8 heteroatoms. The number of aryl methyl sites for hydroxylation is 1. The quantitative estimate of drug-likeness (QED) is 0.687. The van der Waals surface area contributed by atoms with Crippen molar-refractivity contribution in [2.75, 3.05) is 18.0 Å². The van der Waals surface area contributed by atoms with Gasteiger partial charge in [-0.15, -0.1) is 0 Å². The van der Waals surface area contributed by atoms with E-state index in [9.17, 15) is 30.7 Å². The van der Waals surface area contributed by atoms with Gasteiger partial charge in [0.2, 0.25) is 0 Å². The maximum atomic E-state index is 14.0. The van der Waals surface area contributed by atoms with Crippen molar-refractivity contribution in [1.29, 1.82) is 0 Å². The molecule has 1 aromatic carbocycles. The van der Waals surface area contributed by atoms with E-state index in [4.69, 9.17) is 0 Å². The normalized spacial score (nSPS) is 12.9. The second kappa shape index (κ2) is 6.34. The summed E-state index contributed by atoms with van der Waals surface area (Å²) in [6.07, 6.45) is -9.65. The van der Waals surface area contributed by atoms with Crippen LogP contribution in [-0.2, 0) is 0 Å². The summed E-state index contributed by atoms with van der Waals surface area (Å²) in [4.78, 5) is 0.0835. The molecule has 1 aromatic rings. The molecule has 0 N–H and O–H groups in total. The molecule has 0 heterocycles. The monoisotopic (exact) mass is 331 g/mol. The second-order valence-corrected chi connectivity index (χ2v) is 5.40. The summed E-state index contributed by atoms with van der Waals surface area (Å²) >= 11 is 0. The van der Waals surface area contributed by atoms with Gasteiger partial charge in [0, 0.05) is 5.69 Å². The van der Waals surface area contributed by atoms with Crippen LogP contribution in [0.15, 0.2) is 12.1 Å². The summed E-state index contributed by atoms with van der Waals surface area (Å²) in [6, 6.07) is 1.87. The average Bonchev–Trinajstić information content (AvgIpc) is 2.22. The third-order valence-electron chi connectivity index (χ3n) is 3.00. The molecule has 0 amide bonds. The van der Waals surface area contributed by atoms with Gasteiger partial charge < -0.3 is 4.90 Å². The zero-order valence-electron chi connectivity index (χ0n) is 12.2. The van der Waals surface area contributed by atoms with Gasteiger partial charge in [-0.25, -0.2) is 4.39 Å². The summed E-state index contributed by atoms with van der Waals surface area (Å²) in [5, 5.41) is 0. The Morgan fingerprint density at radius 1 is 0.955 bits per heavy atom. The molecule has 0 spiro atoms. The van der Waals surface area contributed by atoms with Crippen LogP contribution in [0.5, 0.6) is 0 Å². The lowest BCUT2D eigenvalue weighted by molar-refractivity contribution is -0.137. The second-order valence-electron chi connectivity index (χ2n) is 5.40. The highest BCUT2D eigenvalue weighted by atomic mass is 19.4. The maximum absolute atomic E-state index is 14.0. The third kappa shape index (κ3) is 5.38. The first kappa shape index (κ1) is 18.6. The number of rotatable bonds is 4. The molecule has 0 saturated heterocycles. The lowest BCUT2D eigenvalue weighted by Gasteiger charge is -2.28. The van der Waals surface area contributed by atoms with E-state index in [0.717, 1.165) is 12.1 Å². The summed E-state index contributed by atoms with van der Waals surface area (Å²) in [5.41, 5.74) is 0.163. The van der Waals surface area contributed by atoms with E-state index < -0.39 is 36.9 Å². The van der Waals surface area contributed by atoms with Gasteiger partial charge in [0.25, 0.3) is 0 Å². The minimum atomic E-state index is -4.83. The molecule has 0 radical (unpaired) electrons. The number of hydrogen-bond donors (Lipinski definition) is 0. The summed E-state index contributed by atoms with van der Waals surface area (Å²) in [6.45, 7) is 1.24. The van der Waals surface area contributed by atoms with E-state index in [-0.39, 0.29) is 16.4 Å². The zero-order valence-corrected chi connectivity index (χ0v) is 12.2. The van der Waals surface area contributed by atoms with Gasteiger partial charge in [0.05, 0.1) is 0 Å². The first-order valence-corrected chi connectivity index (χ1v) is 6.48. The fraction of sp³-hybridized carbons (Fsp3) is 0.571. The molecule has 0 aliphatic carbocycles. The van der Waals surface area contributed by atoms with Crippen molar-refractivity contribution in [3.8, 4) is 0 Å². The Hall–Kier alpha value is -1.47. The lowest BCUT2D eigenvalue weighted by Crippen LogP contribution is -2.40. The van der Waals surface area contributed by atoms with Gasteiger partial charge in [-0.2, -0.15) is 26.3 Å². The minimum Gasteiger partial charge on any atom is -0.353 e. The van der Waals surface area contributed by atoms with Crippen molar-refractivity contribution in [3.63, 3.8) is 0 Å². The first-order valence-electron chi connectivity index (χ1n) is 6.48. The lowest BCUT2D eigenvalue weighted by atomic mass is 9.96. The number of nitrogens with zero attached hydrogens (tertiary/aromatic N) is 1. The van der Waals surface area contributed by atoms with Crippen molar-refractivity contribution < 1.29 is 30.7 Å². The Morgan fingerprint density at radius 3 is 1.73 bits per heavy atom. The van der Waals surface area contributed by atoms with Crippen LogP contribution in [0, 0.1) is 12.7 Å². The molecule has 0 unspecified atom stereocenters. The standard InChI is InChI=1S/C14H16F7N/c1-8(2)12-9(3)4-10(5-11(12)15)22(6-13(16,17)18)7-14(19,20)21/h4-5,8H,6-7H2,1-3H3. The Balaban J connectivity index is 3.25. The number of alkyl halides is 6. The van der Waals surface area contributed by atoms with Crippen molar-refractivity contribution >= 4 is 5.69 Å². The van der Waals surface area contributed by atoms with Gasteiger partial charge in [0.1, 0.15) is 18.9 Å². The van der Waals surface area contributed by atoms with E-state index in [1.165, 1.54) is 6.92 Å². The Bertz CT molecular complexity index is 478. The van der Waals surface area contributed by atoms with Gasteiger partial charge in [-0.1, -0.05) is 13.8 Å². The van der Waals surface area contributed by atoms with E-state index in [0.29, 0.717) is 5.56 Å². The predicted molar refractivity (Wildman–Crippen MR) is 69.5 cm³/mol. The molecule has 1 rings (SSSR count). The minimum absolute atomic E-state index is 0.0835. The van der Waals surface area contributed by atoms with Crippen LogP contribution in [0.2, 0.25) is 0 Å². The molecule has 1 nitrogen and oxygen atoms in total. The summed E-state index contributed by atoms with van der Waals surface area (Å²) < 4.78 is 88.8. The fourth-order valence-corrected chi connectivity index (χ4v) is 2.32. The molecule has 0 atom stereocenters. The topological polar surface area (TPSA) is 3.24 Å². The molecular formula is C14H16F7N. The number of hydrogen-bond acceptors (Lipinski definition) is 1. The van der Waals surface area contributed by atoms with Gasteiger partial charge in [-0.05, 0) is 36.1 Å². The Morgan fingerprint density at radius 2 is 1.41 bits per heavy atom. The van der Waals surface area contributed by atoms with Crippen LogP contribution in [0.25, 0.3) is 0 Å². The SMILES string of the molecule is Cc1cc(N(CC(F)(F)F)CC(F)(F)F)cc(F)c1C(C)C. The van der Waals surface area contributed by atoms with E-state index in [1.807, 2.05) is 0 Å². The van der Waals surface area contributed by atoms with Crippen molar-refractivity contribution in [1.82, 2.24) is 0 Å². The average molecular weight is 331 g/mol. The molecule has 0 saturated carbocycles. The van der Waals surface area contributed by atoms with Crippen LogP contribution in [0.1, 0.15) is 30.9 Å². The van der Waals surface area contributed by atoms with Crippen LogP contribution in [-0.4, -0.2) is 25.4 Å². The predicted octanol–water partition coefficient (Wildman–Crippen LogP) is 5.19. The molecule has 0 bridgehead atoms. The largest absolute Gasteiger partial charge is 0.405 e. The van der Waals surface area contributed by atoms with E-state index in [2.05, 4.69) is 0 Å². The molecule has 0 aliphatic heterocycles. The number of halogens is 7. The zero-order chi connectivity index (χ0) is 17.3. The molecule has 0 fully saturated rings. The van der Waals surface area contributed by atoms with Gasteiger partial charge in [-0.3, -0.25) is 0 Å². The van der Waals surface area contributed by atoms with Crippen molar-refractivity contribution in [3.05, 3.63) is 29.1 Å². The first-order chi connectivity index (χ1) is 9.80. The summed E-state index contributed by atoms with van der Waals surface area (Å²) in [5.74, 6) is -1.04. The molecule has 22 heavy (non-hydrogen) atoms. The highest BCUT2D eigenvalue weighted by Crippen LogP contribution is 2.31. The maximum Gasteiger partial charge on any atom is 0.405 e. The van der Waals surface area contributed by atoms with Crippen LogP contribution >= 0.6 is 0 Å². The molecule has 126 valence electrons. The highest BCUT2D eigenvalue weighted by molar-refractivity contribution is 5.52. The van der Waals surface area contributed by atoms with E-state index in [1.54, 1.807) is 13.8 Å². The van der Waals surface area contributed by atoms with Crippen molar-refractivity contribution in [2.45, 2.75) is 39.0 Å². The van der Waals surface area contributed by atoms with Gasteiger partial charge in [0.15, 0.2) is 0 Å². The summed E-state index contributed by atoms with van der Waals surface area (Å²) in [7, 11) is 0. The fourth-order valence-electron chi connectivity index (χ4n) is 2.32. The van der Waals surface area contributed by atoms with Crippen molar-refractivity contribution in [2.24, 2.45) is 0 Å². The highest BCUT2D eigenvalue weighted by Gasteiger charge is 2.37. The van der Waals surface area contributed by atoms with Crippen LogP contribution in [0.3, 0.4) is 0 Å². The molecule has 0 aliphatic rings. The number of anilines is 1. The number of benzene rings is 1. The third-order valence-corrected chi connectivity index (χ3v) is 3.00. The molecule has 0 aromatic heterocycles. The Labute approximate surface area is 123 Å². The van der Waals surface area contributed by atoms with Crippen LogP contribution in [0.4, 0.5) is 36.4 Å². The smallest absolute Gasteiger partial charge is 0.353 e.